The molecule has 23 heavy (non-hydrogen) atoms. The van der Waals surface area contributed by atoms with Crippen LogP contribution in [0.3, 0.4) is 0 Å². The lowest BCUT2D eigenvalue weighted by atomic mass is 10.0. The van der Waals surface area contributed by atoms with E-state index in [-0.39, 0.29) is 13.0 Å². The van der Waals surface area contributed by atoms with Crippen LogP contribution in [-0.2, 0) is 14.9 Å². The minimum atomic E-state index is -3.47. The normalized spacial score (nSPS) is 24.7. The smallest absolute Gasteiger partial charge is 0.282 e. The van der Waals surface area contributed by atoms with Gasteiger partial charge in [0.2, 0.25) is 0 Å². The third-order valence-corrected chi connectivity index (χ3v) is 6.52. The highest BCUT2D eigenvalue weighted by Gasteiger charge is 2.32. The van der Waals surface area contributed by atoms with E-state index in [9.17, 15) is 8.42 Å². The van der Waals surface area contributed by atoms with E-state index in [1.54, 1.807) is 4.31 Å². The first-order chi connectivity index (χ1) is 11.0. The molecular weight excluding hydrogens is 316 g/mol. The summed E-state index contributed by atoms with van der Waals surface area (Å²) in [5.74, 6) is 0.399. The van der Waals surface area contributed by atoms with Crippen LogP contribution in [0.5, 0.6) is 0 Å². The van der Waals surface area contributed by atoms with Gasteiger partial charge in [-0.15, -0.1) is 0 Å². The fourth-order valence-electron chi connectivity index (χ4n) is 3.11. The number of hydrogen-bond acceptors (Lipinski definition) is 5. The van der Waals surface area contributed by atoms with Crippen molar-refractivity contribution in [2.75, 3.05) is 59.0 Å². The van der Waals surface area contributed by atoms with Crippen molar-refractivity contribution in [3.63, 3.8) is 0 Å². The van der Waals surface area contributed by atoms with Gasteiger partial charge in [-0.2, -0.15) is 22.3 Å². The van der Waals surface area contributed by atoms with Crippen molar-refractivity contribution in [1.29, 1.82) is 5.26 Å². The van der Waals surface area contributed by atoms with Crippen LogP contribution < -0.4 is 0 Å². The summed E-state index contributed by atoms with van der Waals surface area (Å²) >= 11 is 0. The lowest BCUT2D eigenvalue weighted by molar-refractivity contribution is 0.0361. The van der Waals surface area contributed by atoms with Gasteiger partial charge in [0.1, 0.15) is 0 Å². The van der Waals surface area contributed by atoms with Gasteiger partial charge in [0.15, 0.2) is 0 Å². The zero-order valence-corrected chi connectivity index (χ0v) is 14.8. The van der Waals surface area contributed by atoms with Crippen LogP contribution in [0, 0.1) is 17.2 Å². The Morgan fingerprint density at radius 3 is 2.65 bits per heavy atom. The predicted octanol–water partition coefficient (Wildman–Crippen LogP) is 0.511. The summed E-state index contributed by atoms with van der Waals surface area (Å²) in [6, 6.07) is 2.06. The Morgan fingerprint density at radius 1 is 1.26 bits per heavy atom. The highest BCUT2D eigenvalue weighted by Crippen LogP contribution is 2.20. The van der Waals surface area contributed by atoms with Gasteiger partial charge < -0.3 is 4.74 Å². The molecule has 1 atom stereocenters. The molecule has 0 aliphatic carbocycles. The predicted molar refractivity (Wildman–Crippen MR) is 88.0 cm³/mol. The topological polar surface area (TPSA) is 76.9 Å². The number of hydrogen-bond donors (Lipinski definition) is 0. The van der Waals surface area contributed by atoms with E-state index in [1.807, 2.05) is 0 Å². The Kier molecular flexibility index (Phi) is 7.24. The minimum Gasteiger partial charge on any atom is -0.379 e. The van der Waals surface area contributed by atoms with Gasteiger partial charge in [0.05, 0.1) is 19.3 Å². The summed E-state index contributed by atoms with van der Waals surface area (Å²) in [4.78, 5) is 2.22. The first kappa shape index (κ1) is 18.6. The maximum absolute atomic E-state index is 12.9. The molecule has 8 heteroatoms. The molecular formula is C15H28N4O3S. The second-order valence-electron chi connectivity index (χ2n) is 6.37. The largest absolute Gasteiger partial charge is 0.379 e. The Hall–Kier alpha value is -0.720. The Bertz CT molecular complexity index is 499. The van der Waals surface area contributed by atoms with Gasteiger partial charge >= 0.3 is 0 Å². The van der Waals surface area contributed by atoms with Crippen LogP contribution in [-0.4, -0.2) is 81.0 Å². The summed E-state index contributed by atoms with van der Waals surface area (Å²) in [5, 5.41) is 8.84. The van der Waals surface area contributed by atoms with Crippen LogP contribution in [0.2, 0.25) is 0 Å². The van der Waals surface area contributed by atoms with Crippen LogP contribution >= 0.6 is 0 Å². The number of rotatable bonds is 7. The van der Waals surface area contributed by atoms with Gasteiger partial charge in [-0.1, -0.05) is 6.92 Å². The van der Waals surface area contributed by atoms with Crippen molar-refractivity contribution < 1.29 is 13.2 Å². The Labute approximate surface area is 140 Å². The van der Waals surface area contributed by atoms with Crippen LogP contribution in [0.4, 0.5) is 0 Å². The van der Waals surface area contributed by atoms with Gasteiger partial charge in [0, 0.05) is 52.2 Å². The average molecular weight is 344 g/mol. The van der Waals surface area contributed by atoms with E-state index < -0.39 is 10.2 Å². The molecule has 2 aliphatic rings. The van der Waals surface area contributed by atoms with E-state index in [0.717, 1.165) is 25.9 Å². The van der Waals surface area contributed by atoms with Gasteiger partial charge in [-0.05, 0) is 18.8 Å². The molecule has 0 aromatic rings. The maximum Gasteiger partial charge on any atom is 0.282 e. The van der Waals surface area contributed by atoms with E-state index >= 15 is 0 Å². The zero-order valence-electron chi connectivity index (χ0n) is 14.0. The van der Waals surface area contributed by atoms with Crippen molar-refractivity contribution in [3.05, 3.63) is 0 Å². The van der Waals surface area contributed by atoms with Crippen LogP contribution in [0.25, 0.3) is 0 Å². The molecule has 2 rings (SSSR count). The summed E-state index contributed by atoms with van der Waals surface area (Å²) in [6.07, 6.45) is 2.22. The van der Waals surface area contributed by atoms with E-state index in [0.29, 0.717) is 45.3 Å². The standard InChI is InChI=1S/C15H28N4O3S/c1-15-4-2-6-19(14-15)23(20,21)18(7-3-5-16)9-8-17-10-12-22-13-11-17/h15H,2-4,6-14H2,1H3. The molecule has 0 bridgehead atoms. The highest BCUT2D eigenvalue weighted by molar-refractivity contribution is 7.86. The summed E-state index contributed by atoms with van der Waals surface area (Å²) < 4.78 is 34.2. The summed E-state index contributed by atoms with van der Waals surface area (Å²) in [6.45, 7) is 7.76. The first-order valence-corrected chi connectivity index (χ1v) is 9.86. The van der Waals surface area contributed by atoms with Crippen molar-refractivity contribution in [2.24, 2.45) is 5.92 Å². The number of nitrogens with zero attached hydrogens (tertiary/aromatic N) is 4. The number of morpholine rings is 1. The van der Waals surface area contributed by atoms with Crippen LogP contribution in [0.1, 0.15) is 26.2 Å². The van der Waals surface area contributed by atoms with Crippen LogP contribution in [0.15, 0.2) is 0 Å². The fraction of sp³-hybridized carbons (Fsp3) is 0.933. The number of ether oxygens (including phenoxy) is 1. The second kappa shape index (κ2) is 8.94. The molecule has 2 heterocycles. The molecule has 7 nitrogen and oxygen atoms in total. The zero-order chi connectivity index (χ0) is 16.7. The molecule has 0 N–H and O–H groups in total. The second-order valence-corrected chi connectivity index (χ2v) is 8.30. The lowest BCUT2D eigenvalue weighted by Gasteiger charge is -2.35. The lowest BCUT2D eigenvalue weighted by Crippen LogP contribution is -2.50. The van der Waals surface area contributed by atoms with Crippen molar-refractivity contribution in [2.45, 2.75) is 26.2 Å². The third kappa shape index (κ3) is 5.40. The molecule has 0 aromatic carbocycles. The molecule has 0 aromatic heterocycles. The molecule has 0 spiro atoms. The Balaban J connectivity index is 1.98. The highest BCUT2D eigenvalue weighted by atomic mass is 32.2. The summed E-state index contributed by atoms with van der Waals surface area (Å²) in [7, 11) is -3.47. The van der Waals surface area contributed by atoms with E-state index in [4.69, 9.17) is 10.00 Å². The van der Waals surface area contributed by atoms with Crippen molar-refractivity contribution in [1.82, 2.24) is 13.5 Å². The number of nitriles is 1. The van der Waals surface area contributed by atoms with Gasteiger partial charge in [-0.25, -0.2) is 0 Å². The number of piperidine rings is 1. The summed E-state index contributed by atoms with van der Waals surface area (Å²) in [5.41, 5.74) is 0. The molecule has 1 unspecified atom stereocenters. The van der Waals surface area contributed by atoms with Gasteiger partial charge in [-0.3, -0.25) is 4.90 Å². The molecule has 2 aliphatic heterocycles. The molecule has 2 fully saturated rings. The molecule has 0 saturated carbocycles. The maximum atomic E-state index is 12.9. The SMILES string of the molecule is CC1CCCN(S(=O)(=O)N(CCC#N)CCN2CCOCC2)C1. The third-order valence-electron chi connectivity index (χ3n) is 4.51. The minimum absolute atomic E-state index is 0.228. The molecule has 2 saturated heterocycles. The average Bonchev–Trinajstić information content (AvgIpc) is 2.55. The van der Waals surface area contributed by atoms with Crippen molar-refractivity contribution in [3.8, 4) is 6.07 Å². The van der Waals surface area contributed by atoms with E-state index in [2.05, 4.69) is 17.9 Å². The monoisotopic (exact) mass is 344 g/mol. The van der Waals surface area contributed by atoms with Gasteiger partial charge in [0.25, 0.3) is 10.2 Å². The Morgan fingerprint density at radius 2 is 2.00 bits per heavy atom. The molecule has 0 radical (unpaired) electrons. The van der Waals surface area contributed by atoms with E-state index in [1.165, 1.54) is 4.31 Å². The van der Waals surface area contributed by atoms with Crippen molar-refractivity contribution >= 4 is 10.2 Å². The molecule has 0 amide bonds. The quantitative estimate of drug-likeness (QED) is 0.673. The first-order valence-electron chi connectivity index (χ1n) is 8.46. The fourth-order valence-corrected chi connectivity index (χ4v) is 4.88. The molecule has 132 valence electrons.